The molecule has 0 unspecified atom stereocenters. The van der Waals surface area contributed by atoms with Gasteiger partial charge in [0.2, 0.25) is 0 Å². The van der Waals surface area contributed by atoms with Crippen LogP contribution < -0.4 is 0 Å². The molecule has 0 radical (unpaired) electrons. The van der Waals surface area contributed by atoms with E-state index in [0.29, 0.717) is 0 Å². The molecule has 1 fully saturated rings. The van der Waals surface area contributed by atoms with E-state index in [9.17, 15) is 0 Å². The Balaban J connectivity index is 0. The SMILES string of the molecule is CC.CC.CC.Cc1ccc(CCC2CC(C)C2)nc1C. The van der Waals surface area contributed by atoms with E-state index in [0.717, 1.165) is 11.8 Å². The van der Waals surface area contributed by atoms with E-state index < -0.39 is 0 Å². The van der Waals surface area contributed by atoms with Gasteiger partial charge in [0.1, 0.15) is 0 Å². The standard InChI is InChI=1S/C14H21N.3C2H6/c1-10-8-13(9-10)5-7-14-6-4-11(2)12(3)15-14;3*1-2/h4,6,10,13H,5,7-9H2,1-3H3;3*1-2H3. The zero-order valence-corrected chi connectivity index (χ0v) is 16.1. The first kappa shape index (κ1) is 22.4. The quantitative estimate of drug-likeness (QED) is 0.600. The number of aromatic nitrogens is 1. The first-order valence-corrected chi connectivity index (χ1v) is 9.08. The summed E-state index contributed by atoms with van der Waals surface area (Å²) in [5, 5.41) is 0. The van der Waals surface area contributed by atoms with E-state index in [1.807, 2.05) is 41.5 Å². The van der Waals surface area contributed by atoms with Crippen LogP contribution in [0.2, 0.25) is 0 Å². The highest BCUT2D eigenvalue weighted by atomic mass is 14.7. The van der Waals surface area contributed by atoms with Gasteiger partial charge in [-0.2, -0.15) is 0 Å². The molecule has 124 valence electrons. The van der Waals surface area contributed by atoms with Crippen molar-refractivity contribution in [2.45, 2.75) is 88.0 Å². The Labute approximate surface area is 134 Å². The molecule has 0 atom stereocenters. The molecule has 1 aliphatic carbocycles. The van der Waals surface area contributed by atoms with E-state index in [-0.39, 0.29) is 0 Å². The monoisotopic (exact) mass is 293 g/mol. The van der Waals surface area contributed by atoms with Crippen molar-refractivity contribution < 1.29 is 0 Å². The summed E-state index contributed by atoms with van der Waals surface area (Å²) >= 11 is 0. The maximum Gasteiger partial charge on any atom is 0.0407 e. The van der Waals surface area contributed by atoms with Crippen LogP contribution in [0.4, 0.5) is 0 Å². The van der Waals surface area contributed by atoms with E-state index >= 15 is 0 Å². The lowest BCUT2D eigenvalue weighted by molar-refractivity contribution is 0.199. The third-order valence-corrected chi connectivity index (χ3v) is 3.69. The molecular formula is C20H39N. The second-order valence-corrected chi connectivity index (χ2v) is 5.19. The number of pyridine rings is 1. The molecule has 1 aliphatic rings. The number of nitrogens with zero attached hydrogens (tertiary/aromatic N) is 1. The summed E-state index contributed by atoms with van der Waals surface area (Å²) in [5.74, 6) is 1.95. The lowest BCUT2D eigenvalue weighted by Gasteiger charge is -2.32. The van der Waals surface area contributed by atoms with Crippen molar-refractivity contribution in [3.8, 4) is 0 Å². The van der Waals surface area contributed by atoms with Crippen LogP contribution in [0, 0.1) is 25.7 Å². The lowest BCUT2D eigenvalue weighted by Crippen LogP contribution is -2.21. The van der Waals surface area contributed by atoms with E-state index in [1.54, 1.807) is 0 Å². The zero-order valence-electron chi connectivity index (χ0n) is 16.1. The molecule has 0 N–H and O–H groups in total. The predicted octanol–water partition coefficient (Wildman–Crippen LogP) is 6.76. The summed E-state index contributed by atoms with van der Waals surface area (Å²) < 4.78 is 0. The van der Waals surface area contributed by atoms with Crippen LogP contribution in [0.15, 0.2) is 12.1 Å². The average molecular weight is 294 g/mol. The Kier molecular flexibility index (Phi) is 15.1. The molecule has 0 saturated heterocycles. The molecule has 0 aliphatic heterocycles. The normalized spacial score (nSPS) is 18.7. The highest BCUT2D eigenvalue weighted by Gasteiger charge is 2.24. The molecule has 1 heteroatoms. The van der Waals surface area contributed by atoms with E-state index in [4.69, 9.17) is 0 Å². The molecule has 0 bridgehead atoms. The fraction of sp³-hybridized carbons (Fsp3) is 0.750. The molecule has 21 heavy (non-hydrogen) atoms. The van der Waals surface area contributed by atoms with E-state index in [2.05, 4.69) is 37.9 Å². The number of rotatable bonds is 3. The molecule has 0 aromatic carbocycles. The summed E-state index contributed by atoms with van der Waals surface area (Å²) in [4.78, 5) is 4.62. The number of aryl methyl sites for hydroxylation is 3. The number of hydrogen-bond donors (Lipinski definition) is 0. The topological polar surface area (TPSA) is 12.9 Å². The van der Waals surface area contributed by atoms with Crippen molar-refractivity contribution in [3.63, 3.8) is 0 Å². The minimum atomic E-state index is 0.975. The van der Waals surface area contributed by atoms with Crippen molar-refractivity contribution in [2.24, 2.45) is 11.8 Å². The van der Waals surface area contributed by atoms with Crippen LogP contribution in [0.5, 0.6) is 0 Å². The molecule has 1 saturated carbocycles. The lowest BCUT2D eigenvalue weighted by atomic mass is 9.74. The van der Waals surface area contributed by atoms with Crippen molar-refractivity contribution in [1.29, 1.82) is 0 Å². The van der Waals surface area contributed by atoms with Crippen molar-refractivity contribution >= 4 is 0 Å². The molecule has 1 heterocycles. The van der Waals surface area contributed by atoms with Gasteiger partial charge in [-0.25, -0.2) is 0 Å². The van der Waals surface area contributed by atoms with Crippen LogP contribution in [0.1, 0.15) is 84.7 Å². The van der Waals surface area contributed by atoms with Gasteiger partial charge in [0.15, 0.2) is 0 Å². The molecule has 1 aromatic heterocycles. The molecule has 0 spiro atoms. The largest absolute Gasteiger partial charge is 0.258 e. The average Bonchev–Trinajstić information content (AvgIpc) is 2.52. The molecular weight excluding hydrogens is 254 g/mol. The van der Waals surface area contributed by atoms with Crippen LogP contribution in [-0.4, -0.2) is 4.98 Å². The van der Waals surface area contributed by atoms with Gasteiger partial charge in [-0.3, -0.25) is 4.98 Å². The second kappa shape index (κ2) is 14.1. The van der Waals surface area contributed by atoms with Gasteiger partial charge in [-0.15, -0.1) is 0 Å². The number of hydrogen-bond acceptors (Lipinski definition) is 1. The van der Waals surface area contributed by atoms with Gasteiger partial charge in [0.05, 0.1) is 0 Å². The minimum absolute atomic E-state index is 0.975. The second-order valence-electron chi connectivity index (χ2n) is 5.19. The first-order valence-electron chi connectivity index (χ1n) is 9.08. The summed E-state index contributed by atoms with van der Waals surface area (Å²) in [7, 11) is 0. The smallest absolute Gasteiger partial charge is 0.0407 e. The zero-order chi connectivity index (χ0) is 16.8. The highest BCUT2D eigenvalue weighted by molar-refractivity contribution is 5.20. The predicted molar refractivity (Wildman–Crippen MR) is 98.0 cm³/mol. The maximum absolute atomic E-state index is 4.62. The maximum atomic E-state index is 4.62. The Morgan fingerprint density at radius 2 is 1.48 bits per heavy atom. The van der Waals surface area contributed by atoms with Crippen molar-refractivity contribution in [2.75, 3.05) is 0 Å². The third kappa shape index (κ3) is 8.90. The molecule has 1 nitrogen and oxygen atoms in total. The fourth-order valence-corrected chi connectivity index (χ4v) is 2.48. The van der Waals surface area contributed by atoms with Crippen LogP contribution in [0.3, 0.4) is 0 Å². The minimum Gasteiger partial charge on any atom is -0.258 e. The van der Waals surface area contributed by atoms with Gasteiger partial charge < -0.3 is 0 Å². The first-order chi connectivity index (χ1) is 10.1. The van der Waals surface area contributed by atoms with Crippen LogP contribution >= 0.6 is 0 Å². The summed E-state index contributed by atoms with van der Waals surface area (Å²) in [5.41, 5.74) is 3.77. The molecule has 2 rings (SSSR count). The van der Waals surface area contributed by atoms with Gasteiger partial charge >= 0.3 is 0 Å². The van der Waals surface area contributed by atoms with Gasteiger partial charge in [-0.1, -0.05) is 54.5 Å². The summed E-state index contributed by atoms with van der Waals surface area (Å²) in [6, 6.07) is 4.38. The fourth-order valence-electron chi connectivity index (χ4n) is 2.48. The molecule has 1 aromatic rings. The Hall–Kier alpha value is -0.850. The Morgan fingerprint density at radius 3 is 1.90 bits per heavy atom. The van der Waals surface area contributed by atoms with Gasteiger partial charge in [0.25, 0.3) is 0 Å². The highest BCUT2D eigenvalue weighted by Crippen LogP contribution is 2.36. The van der Waals surface area contributed by atoms with E-state index in [1.165, 1.54) is 42.6 Å². The van der Waals surface area contributed by atoms with Crippen LogP contribution in [0.25, 0.3) is 0 Å². The third-order valence-electron chi connectivity index (χ3n) is 3.69. The Morgan fingerprint density at radius 1 is 0.952 bits per heavy atom. The molecule has 0 amide bonds. The van der Waals surface area contributed by atoms with Gasteiger partial charge in [-0.05, 0) is 63.0 Å². The summed E-state index contributed by atoms with van der Waals surface area (Å²) in [6.07, 6.45) is 5.37. The van der Waals surface area contributed by atoms with Crippen LogP contribution in [-0.2, 0) is 6.42 Å². The Bertz CT molecular complexity index is 338. The van der Waals surface area contributed by atoms with Crippen molar-refractivity contribution in [1.82, 2.24) is 4.98 Å². The van der Waals surface area contributed by atoms with Crippen molar-refractivity contribution in [3.05, 3.63) is 29.1 Å². The summed E-state index contributed by atoms with van der Waals surface area (Å²) in [6.45, 7) is 18.6. The van der Waals surface area contributed by atoms with Gasteiger partial charge in [0, 0.05) is 11.4 Å².